The van der Waals surface area contributed by atoms with Crippen molar-refractivity contribution in [3.8, 4) is 5.69 Å². The number of aromatic nitrogens is 3. The molecule has 33 heavy (non-hydrogen) atoms. The minimum absolute atomic E-state index is 0.136. The Labute approximate surface area is 196 Å². The average molecular weight is 467 g/mol. The third kappa shape index (κ3) is 6.42. The van der Waals surface area contributed by atoms with Crippen LogP contribution in [-0.2, 0) is 14.4 Å². The van der Waals surface area contributed by atoms with Gasteiger partial charge in [-0.1, -0.05) is 36.0 Å². The summed E-state index contributed by atoms with van der Waals surface area (Å²) in [6.45, 7) is 6.87. The standard InChI is InChI=1S/C23H26N6O3S/c1-14-7-5-8-15(2)21(14)27-20(31)12-24-22(32)16(3)33-23-28-25-13-29(23)19-10-6-9-18(11-19)26-17(4)30/h5-11,13,16H,12H2,1-4H3,(H,24,32)(H,26,30)(H,27,31)/t16-/m0/s1. The Morgan fingerprint density at radius 1 is 1.06 bits per heavy atom. The van der Waals surface area contributed by atoms with Crippen molar-refractivity contribution in [2.45, 2.75) is 38.1 Å². The molecule has 10 heteroatoms. The van der Waals surface area contributed by atoms with Crippen LogP contribution in [0.5, 0.6) is 0 Å². The smallest absolute Gasteiger partial charge is 0.243 e. The fourth-order valence-corrected chi connectivity index (χ4v) is 4.00. The lowest BCUT2D eigenvalue weighted by Gasteiger charge is -2.14. The molecule has 3 rings (SSSR count). The van der Waals surface area contributed by atoms with Crippen molar-refractivity contribution in [3.63, 3.8) is 0 Å². The van der Waals surface area contributed by atoms with Gasteiger partial charge in [0.25, 0.3) is 0 Å². The number of rotatable bonds is 8. The molecule has 1 aromatic heterocycles. The summed E-state index contributed by atoms with van der Waals surface area (Å²) in [6, 6.07) is 13.0. The summed E-state index contributed by atoms with van der Waals surface area (Å²) in [7, 11) is 0. The highest BCUT2D eigenvalue weighted by molar-refractivity contribution is 8.00. The zero-order chi connectivity index (χ0) is 24.0. The van der Waals surface area contributed by atoms with Crippen molar-refractivity contribution < 1.29 is 14.4 Å². The number of benzene rings is 2. The number of hydrogen-bond donors (Lipinski definition) is 3. The summed E-state index contributed by atoms with van der Waals surface area (Å²) in [4.78, 5) is 36.2. The first-order chi connectivity index (χ1) is 15.7. The van der Waals surface area contributed by atoms with Gasteiger partial charge >= 0.3 is 0 Å². The minimum Gasteiger partial charge on any atom is -0.346 e. The van der Waals surface area contributed by atoms with Crippen molar-refractivity contribution in [1.29, 1.82) is 0 Å². The SMILES string of the molecule is CC(=O)Nc1cccc(-n2cnnc2S[C@@H](C)C(=O)NCC(=O)Nc2c(C)cccc2C)c1. The van der Waals surface area contributed by atoms with Gasteiger partial charge < -0.3 is 16.0 Å². The van der Waals surface area contributed by atoms with E-state index in [0.29, 0.717) is 10.8 Å². The van der Waals surface area contributed by atoms with Gasteiger partial charge in [0.05, 0.1) is 17.5 Å². The lowest BCUT2D eigenvalue weighted by Crippen LogP contribution is -2.37. The number of nitrogens with zero attached hydrogens (tertiary/aromatic N) is 3. The molecule has 0 bridgehead atoms. The molecule has 3 amide bonds. The molecule has 0 aliphatic carbocycles. The second-order valence-electron chi connectivity index (χ2n) is 7.51. The van der Waals surface area contributed by atoms with Crippen LogP contribution < -0.4 is 16.0 Å². The summed E-state index contributed by atoms with van der Waals surface area (Å²) in [5.74, 6) is -0.758. The second kappa shape index (κ2) is 10.8. The number of carbonyl (C=O) groups excluding carboxylic acids is 3. The van der Waals surface area contributed by atoms with Crippen LogP contribution in [0.2, 0.25) is 0 Å². The van der Waals surface area contributed by atoms with E-state index in [-0.39, 0.29) is 24.3 Å². The molecule has 3 aromatic rings. The number of thioether (sulfide) groups is 1. The first kappa shape index (κ1) is 24.0. The lowest BCUT2D eigenvalue weighted by molar-refractivity contribution is -0.123. The van der Waals surface area contributed by atoms with E-state index in [2.05, 4.69) is 26.1 Å². The van der Waals surface area contributed by atoms with E-state index in [9.17, 15) is 14.4 Å². The fourth-order valence-electron chi connectivity index (χ4n) is 3.14. The van der Waals surface area contributed by atoms with Crippen molar-refractivity contribution in [2.75, 3.05) is 17.2 Å². The largest absolute Gasteiger partial charge is 0.346 e. The summed E-state index contributed by atoms with van der Waals surface area (Å²) >= 11 is 1.22. The van der Waals surface area contributed by atoms with Crippen molar-refractivity contribution in [3.05, 3.63) is 59.9 Å². The number of para-hydroxylation sites is 1. The van der Waals surface area contributed by atoms with E-state index >= 15 is 0 Å². The zero-order valence-electron chi connectivity index (χ0n) is 18.9. The molecule has 9 nitrogen and oxygen atoms in total. The highest BCUT2D eigenvalue weighted by Gasteiger charge is 2.19. The summed E-state index contributed by atoms with van der Waals surface area (Å²) in [5, 5.41) is 16.3. The van der Waals surface area contributed by atoms with E-state index in [1.165, 1.54) is 25.0 Å². The second-order valence-corrected chi connectivity index (χ2v) is 8.82. The quantitative estimate of drug-likeness (QED) is 0.439. The van der Waals surface area contributed by atoms with Crippen LogP contribution >= 0.6 is 11.8 Å². The molecule has 1 atom stereocenters. The normalized spacial score (nSPS) is 11.5. The van der Waals surface area contributed by atoms with E-state index in [1.54, 1.807) is 29.7 Å². The average Bonchev–Trinajstić information content (AvgIpc) is 3.22. The lowest BCUT2D eigenvalue weighted by atomic mass is 10.1. The van der Waals surface area contributed by atoms with E-state index in [4.69, 9.17) is 0 Å². The molecule has 0 saturated carbocycles. The van der Waals surface area contributed by atoms with Crippen LogP contribution in [0.15, 0.2) is 53.9 Å². The number of aryl methyl sites for hydroxylation is 2. The summed E-state index contributed by atoms with van der Waals surface area (Å²) in [6.07, 6.45) is 1.54. The maximum Gasteiger partial charge on any atom is 0.243 e. The van der Waals surface area contributed by atoms with Crippen LogP contribution in [0.3, 0.4) is 0 Å². The Morgan fingerprint density at radius 2 is 1.76 bits per heavy atom. The van der Waals surface area contributed by atoms with Gasteiger partial charge in [0.2, 0.25) is 17.7 Å². The summed E-state index contributed by atoms with van der Waals surface area (Å²) in [5.41, 5.74) is 4.06. The molecule has 0 spiro atoms. The molecule has 0 radical (unpaired) electrons. The fraction of sp³-hybridized carbons (Fsp3) is 0.261. The Balaban J connectivity index is 1.59. The number of hydrogen-bond acceptors (Lipinski definition) is 6. The van der Waals surface area contributed by atoms with Gasteiger partial charge in [-0.2, -0.15) is 0 Å². The molecule has 0 aliphatic heterocycles. The van der Waals surface area contributed by atoms with Gasteiger partial charge in [0.1, 0.15) is 6.33 Å². The predicted molar refractivity (Wildman–Crippen MR) is 129 cm³/mol. The third-order valence-corrected chi connectivity index (χ3v) is 5.84. The van der Waals surface area contributed by atoms with Crippen LogP contribution in [0.1, 0.15) is 25.0 Å². The maximum absolute atomic E-state index is 12.6. The topological polar surface area (TPSA) is 118 Å². The molecular weight excluding hydrogens is 440 g/mol. The highest BCUT2D eigenvalue weighted by atomic mass is 32.2. The van der Waals surface area contributed by atoms with Crippen molar-refractivity contribution >= 4 is 40.9 Å². The third-order valence-electron chi connectivity index (χ3n) is 4.78. The number of anilines is 2. The molecule has 2 aromatic carbocycles. The van der Waals surface area contributed by atoms with Crippen LogP contribution in [0.4, 0.5) is 11.4 Å². The Bertz CT molecular complexity index is 1160. The van der Waals surface area contributed by atoms with Crippen molar-refractivity contribution in [1.82, 2.24) is 20.1 Å². The molecule has 0 fully saturated rings. The van der Waals surface area contributed by atoms with E-state index in [1.807, 2.05) is 38.1 Å². The van der Waals surface area contributed by atoms with Crippen molar-refractivity contribution in [2.24, 2.45) is 0 Å². The Kier molecular flexibility index (Phi) is 7.83. The van der Waals surface area contributed by atoms with Gasteiger partial charge in [0, 0.05) is 18.3 Å². The zero-order valence-corrected chi connectivity index (χ0v) is 19.7. The minimum atomic E-state index is -0.514. The molecule has 0 aliphatic rings. The first-order valence-corrected chi connectivity index (χ1v) is 11.2. The van der Waals surface area contributed by atoms with Gasteiger partial charge in [-0.25, -0.2) is 0 Å². The van der Waals surface area contributed by atoms with Gasteiger partial charge in [0.15, 0.2) is 5.16 Å². The van der Waals surface area contributed by atoms with Gasteiger partial charge in [-0.3, -0.25) is 19.0 Å². The van der Waals surface area contributed by atoms with Crippen LogP contribution in [0.25, 0.3) is 5.69 Å². The molecule has 172 valence electrons. The molecule has 0 unspecified atom stereocenters. The highest BCUT2D eigenvalue weighted by Crippen LogP contribution is 2.25. The monoisotopic (exact) mass is 466 g/mol. The number of amides is 3. The van der Waals surface area contributed by atoms with Crippen LogP contribution in [0, 0.1) is 13.8 Å². The molecular formula is C23H26N6O3S. The Morgan fingerprint density at radius 3 is 2.45 bits per heavy atom. The van der Waals surface area contributed by atoms with E-state index in [0.717, 1.165) is 22.5 Å². The van der Waals surface area contributed by atoms with Gasteiger partial charge in [-0.05, 0) is 50.1 Å². The summed E-state index contributed by atoms with van der Waals surface area (Å²) < 4.78 is 1.73. The van der Waals surface area contributed by atoms with E-state index < -0.39 is 5.25 Å². The van der Waals surface area contributed by atoms with Gasteiger partial charge in [-0.15, -0.1) is 10.2 Å². The molecule has 3 N–H and O–H groups in total. The number of nitrogens with one attached hydrogen (secondary N) is 3. The molecule has 1 heterocycles. The first-order valence-electron chi connectivity index (χ1n) is 10.3. The van der Waals surface area contributed by atoms with Crippen LogP contribution in [-0.4, -0.2) is 44.3 Å². The predicted octanol–water partition coefficient (Wildman–Crippen LogP) is 3.08. The Hall–Kier alpha value is -3.66. The maximum atomic E-state index is 12.6. The number of carbonyl (C=O) groups is 3. The molecule has 0 saturated heterocycles.